The Hall–Kier alpha value is -2.03. The SMILES string of the molecule is Cc1ccc(S(=O)(=O)N2CCC(Oc3nc4ccc(F)cc4s3)CC2)cc1C. The number of aryl methyl sites for hydroxylation is 2. The first-order valence-electron chi connectivity index (χ1n) is 9.13. The molecule has 28 heavy (non-hydrogen) atoms. The van der Waals surface area contributed by atoms with Gasteiger partial charge in [0, 0.05) is 13.1 Å². The number of rotatable bonds is 4. The highest BCUT2D eigenvalue weighted by molar-refractivity contribution is 7.89. The van der Waals surface area contributed by atoms with Gasteiger partial charge in [0.25, 0.3) is 5.19 Å². The molecule has 148 valence electrons. The second-order valence-corrected chi connectivity index (χ2v) is 9.99. The van der Waals surface area contributed by atoms with E-state index in [4.69, 9.17) is 4.74 Å². The van der Waals surface area contributed by atoms with Gasteiger partial charge in [-0.1, -0.05) is 17.4 Å². The van der Waals surface area contributed by atoms with E-state index in [1.54, 1.807) is 18.2 Å². The zero-order valence-electron chi connectivity index (χ0n) is 15.7. The number of sulfonamides is 1. The van der Waals surface area contributed by atoms with Crippen molar-refractivity contribution in [1.29, 1.82) is 0 Å². The standard InChI is InChI=1S/C20H21FN2O3S2/c1-13-3-5-17(11-14(13)2)28(24,25)23-9-7-16(8-10-23)26-20-22-18-6-4-15(21)12-19(18)27-20/h3-6,11-12,16H,7-10H2,1-2H3. The summed E-state index contributed by atoms with van der Waals surface area (Å²) in [5, 5.41) is 0.496. The van der Waals surface area contributed by atoms with Crippen molar-refractivity contribution in [2.75, 3.05) is 13.1 Å². The van der Waals surface area contributed by atoms with Crippen molar-refractivity contribution in [3.05, 3.63) is 53.3 Å². The molecule has 0 saturated carbocycles. The lowest BCUT2D eigenvalue weighted by Gasteiger charge is -2.30. The molecule has 5 nitrogen and oxygen atoms in total. The summed E-state index contributed by atoms with van der Waals surface area (Å²) in [7, 11) is -3.50. The summed E-state index contributed by atoms with van der Waals surface area (Å²) >= 11 is 1.31. The number of ether oxygens (including phenoxy) is 1. The van der Waals surface area contributed by atoms with Crippen LogP contribution in [-0.4, -0.2) is 36.9 Å². The van der Waals surface area contributed by atoms with Crippen LogP contribution in [0.25, 0.3) is 10.2 Å². The molecule has 1 aromatic heterocycles. The number of fused-ring (bicyclic) bond motifs is 1. The van der Waals surface area contributed by atoms with Gasteiger partial charge in [0.2, 0.25) is 10.0 Å². The van der Waals surface area contributed by atoms with E-state index in [1.165, 1.54) is 27.8 Å². The fourth-order valence-electron chi connectivity index (χ4n) is 3.28. The van der Waals surface area contributed by atoms with E-state index in [1.807, 2.05) is 19.9 Å². The molecule has 2 aromatic carbocycles. The largest absolute Gasteiger partial charge is 0.467 e. The van der Waals surface area contributed by atoms with E-state index in [9.17, 15) is 12.8 Å². The van der Waals surface area contributed by atoms with Crippen molar-refractivity contribution >= 4 is 31.6 Å². The van der Waals surface area contributed by atoms with Crippen LogP contribution in [0.3, 0.4) is 0 Å². The number of hydrogen-bond acceptors (Lipinski definition) is 5. The van der Waals surface area contributed by atoms with Crippen LogP contribution in [0.4, 0.5) is 4.39 Å². The maximum atomic E-state index is 13.3. The smallest absolute Gasteiger partial charge is 0.274 e. The predicted molar refractivity (Wildman–Crippen MR) is 108 cm³/mol. The van der Waals surface area contributed by atoms with E-state index < -0.39 is 10.0 Å². The Kier molecular flexibility index (Phi) is 5.11. The molecule has 1 aliphatic heterocycles. The summed E-state index contributed by atoms with van der Waals surface area (Å²) in [5.74, 6) is -0.299. The molecule has 0 bridgehead atoms. The molecule has 0 N–H and O–H groups in total. The van der Waals surface area contributed by atoms with E-state index in [0.29, 0.717) is 41.5 Å². The van der Waals surface area contributed by atoms with Crippen molar-refractivity contribution in [1.82, 2.24) is 9.29 Å². The zero-order valence-corrected chi connectivity index (χ0v) is 17.3. The van der Waals surface area contributed by atoms with Gasteiger partial charge in [0.15, 0.2) is 0 Å². The maximum absolute atomic E-state index is 13.3. The van der Waals surface area contributed by atoms with Crippen LogP contribution in [0.5, 0.6) is 5.19 Å². The minimum atomic E-state index is -3.50. The van der Waals surface area contributed by atoms with Crippen LogP contribution in [0.2, 0.25) is 0 Å². The number of thiazole rings is 1. The molecule has 0 radical (unpaired) electrons. The second-order valence-electron chi connectivity index (χ2n) is 7.06. The number of hydrogen-bond donors (Lipinski definition) is 0. The van der Waals surface area contributed by atoms with E-state index in [2.05, 4.69) is 4.98 Å². The minimum Gasteiger partial charge on any atom is -0.467 e. The summed E-state index contributed by atoms with van der Waals surface area (Å²) < 4.78 is 47.3. The Bertz CT molecular complexity index is 1120. The first-order chi connectivity index (χ1) is 13.3. The molecule has 3 aromatic rings. The quantitative estimate of drug-likeness (QED) is 0.632. The molecule has 0 atom stereocenters. The molecule has 8 heteroatoms. The molecular weight excluding hydrogens is 399 g/mol. The highest BCUT2D eigenvalue weighted by Gasteiger charge is 2.30. The third-order valence-corrected chi connectivity index (χ3v) is 7.92. The van der Waals surface area contributed by atoms with Crippen LogP contribution in [0.15, 0.2) is 41.3 Å². The van der Waals surface area contributed by atoms with Gasteiger partial charge in [-0.15, -0.1) is 0 Å². The Morgan fingerprint density at radius 3 is 2.57 bits per heavy atom. The number of halogens is 1. The average molecular weight is 421 g/mol. The molecule has 1 fully saturated rings. The van der Waals surface area contributed by atoms with Crippen molar-refractivity contribution in [3.8, 4) is 5.19 Å². The fraction of sp³-hybridized carbons (Fsp3) is 0.350. The topological polar surface area (TPSA) is 59.5 Å². The van der Waals surface area contributed by atoms with Crippen LogP contribution < -0.4 is 4.74 Å². The normalized spacial score (nSPS) is 16.5. The molecule has 0 spiro atoms. The van der Waals surface area contributed by atoms with Crippen molar-refractivity contribution in [2.45, 2.75) is 37.7 Å². The van der Waals surface area contributed by atoms with Crippen molar-refractivity contribution < 1.29 is 17.5 Å². The Balaban J connectivity index is 1.42. The van der Waals surface area contributed by atoms with Gasteiger partial charge in [-0.05, 0) is 68.1 Å². The van der Waals surface area contributed by atoms with E-state index in [-0.39, 0.29) is 11.9 Å². The van der Waals surface area contributed by atoms with Gasteiger partial charge >= 0.3 is 0 Å². The fourth-order valence-corrected chi connectivity index (χ4v) is 5.75. The highest BCUT2D eigenvalue weighted by Crippen LogP contribution is 2.31. The van der Waals surface area contributed by atoms with Crippen LogP contribution >= 0.6 is 11.3 Å². The van der Waals surface area contributed by atoms with Gasteiger partial charge in [-0.3, -0.25) is 0 Å². The van der Waals surface area contributed by atoms with Crippen LogP contribution in [-0.2, 0) is 10.0 Å². The number of nitrogens with zero attached hydrogens (tertiary/aromatic N) is 2. The average Bonchev–Trinajstić information content (AvgIpc) is 3.05. The third-order valence-electron chi connectivity index (χ3n) is 5.12. The lowest BCUT2D eigenvalue weighted by Crippen LogP contribution is -2.41. The summed E-state index contributed by atoms with van der Waals surface area (Å²) in [6.07, 6.45) is 1.08. The molecule has 1 aliphatic rings. The Morgan fingerprint density at radius 1 is 1.11 bits per heavy atom. The molecule has 4 rings (SSSR count). The minimum absolute atomic E-state index is 0.100. The van der Waals surface area contributed by atoms with Crippen molar-refractivity contribution in [2.24, 2.45) is 0 Å². The second kappa shape index (κ2) is 7.42. The van der Waals surface area contributed by atoms with Gasteiger partial charge in [0.05, 0.1) is 15.1 Å². The van der Waals surface area contributed by atoms with Gasteiger partial charge < -0.3 is 4.74 Å². The number of aromatic nitrogens is 1. The molecule has 0 unspecified atom stereocenters. The molecule has 1 saturated heterocycles. The third kappa shape index (κ3) is 3.76. The first-order valence-corrected chi connectivity index (χ1v) is 11.4. The lowest BCUT2D eigenvalue weighted by atomic mass is 10.1. The van der Waals surface area contributed by atoms with Gasteiger partial charge in [0.1, 0.15) is 11.9 Å². The first kappa shape index (κ1) is 19.3. The molecule has 0 aliphatic carbocycles. The lowest BCUT2D eigenvalue weighted by molar-refractivity contribution is 0.135. The molecule has 2 heterocycles. The predicted octanol–water partition coefficient (Wildman–Crippen LogP) is 4.28. The Morgan fingerprint density at radius 2 is 1.86 bits per heavy atom. The van der Waals surface area contributed by atoms with Crippen LogP contribution in [0, 0.1) is 19.7 Å². The summed E-state index contributed by atoms with van der Waals surface area (Å²) in [6, 6.07) is 9.69. The number of benzene rings is 2. The molecular formula is C20H21FN2O3S2. The van der Waals surface area contributed by atoms with E-state index in [0.717, 1.165) is 15.8 Å². The monoisotopic (exact) mass is 420 g/mol. The summed E-state index contributed by atoms with van der Waals surface area (Å²) in [5.41, 5.74) is 2.74. The van der Waals surface area contributed by atoms with Crippen LogP contribution in [0.1, 0.15) is 24.0 Å². The van der Waals surface area contributed by atoms with Gasteiger partial charge in [-0.2, -0.15) is 4.31 Å². The van der Waals surface area contributed by atoms with Gasteiger partial charge in [-0.25, -0.2) is 17.8 Å². The van der Waals surface area contributed by atoms with E-state index >= 15 is 0 Å². The zero-order chi connectivity index (χ0) is 19.9. The molecule has 0 amide bonds. The Labute approximate surface area is 167 Å². The summed E-state index contributed by atoms with van der Waals surface area (Å²) in [6.45, 7) is 4.68. The summed E-state index contributed by atoms with van der Waals surface area (Å²) in [4.78, 5) is 4.72. The number of piperidine rings is 1. The van der Waals surface area contributed by atoms with Crippen molar-refractivity contribution in [3.63, 3.8) is 0 Å². The highest BCUT2D eigenvalue weighted by atomic mass is 32.2. The maximum Gasteiger partial charge on any atom is 0.274 e.